The first-order chi connectivity index (χ1) is 6.63. The lowest BCUT2D eigenvalue weighted by molar-refractivity contribution is 0.731. The minimum absolute atomic E-state index is 0.335. The molecule has 1 N–H and O–H groups in total. The Morgan fingerprint density at radius 2 is 2.07 bits per heavy atom. The Labute approximate surface area is 94.7 Å². The molecule has 0 amide bonds. The van der Waals surface area contributed by atoms with E-state index < -0.39 is 0 Å². The zero-order valence-corrected chi connectivity index (χ0v) is 9.73. The third-order valence-corrected chi connectivity index (χ3v) is 2.54. The standard InChI is InChI=1S/C11H13Cl2N/c1-8(14-2)3-4-9-5-6-10(12)7-11(9)13/h3-8,14H,1-2H3/b4-3+/t8-/m1/s1. The van der Waals surface area contributed by atoms with E-state index in [0.29, 0.717) is 16.1 Å². The molecule has 0 saturated carbocycles. The van der Waals surface area contributed by atoms with Crippen molar-refractivity contribution in [3.63, 3.8) is 0 Å². The first-order valence-corrected chi connectivity index (χ1v) is 5.19. The Morgan fingerprint density at radius 3 is 2.64 bits per heavy atom. The van der Waals surface area contributed by atoms with Crippen LogP contribution >= 0.6 is 23.2 Å². The van der Waals surface area contributed by atoms with Gasteiger partial charge < -0.3 is 5.32 Å². The third kappa shape index (κ3) is 3.33. The largest absolute Gasteiger partial charge is 0.314 e. The van der Waals surface area contributed by atoms with Gasteiger partial charge in [0.15, 0.2) is 0 Å². The molecule has 76 valence electrons. The van der Waals surface area contributed by atoms with Crippen LogP contribution in [-0.4, -0.2) is 13.1 Å². The SMILES string of the molecule is CN[C@H](C)/C=C/c1ccc(Cl)cc1Cl. The topological polar surface area (TPSA) is 12.0 Å². The Morgan fingerprint density at radius 1 is 1.36 bits per heavy atom. The maximum atomic E-state index is 6.00. The molecule has 1 aromatic carbocycles. The smallest absolute Gasteiger partial charge is 0.0493 e. The highest BCUT2D eigenvalue weighted by molar-refractivity contribution is 6.35. The molecule has 0 aliphatic heterocycles. The molecule has 3 heteroatoms. The van der Waals surface area contributed by atoms with Gasteiger partial charge in [-0.25, -0.2) is 0 Å². The Balaban J connectivity index is 2.82. The van der Waals surface area contributed by atoms with Crippen LogP contribution < -0.4 is 5.32 Å². The van der Waals surface area contributed by atoms with E-state index in [1.165, 1.54) is 0 Å². The van der Waals surface area contributed by atoms with Gasteiger partial charge in [0, 0.05) is 16.1 Å². The summed E-state index contributed by atoms with van der Waals surface area (Å²) in [7, 11) is 1.92. The lowest BCUT2D eigenvalue weighted by Gasteiger charge is -2.03. The molecule has 0 radical (unpaired) electrons. The number of nitrogens with one attached hydrogen (secondary N) is 1. The molecule has 1 rings (SSSR count). The number of halogens is 2. The van der Waals surface area contributed by atoms with Crippen LogP contribution in [0.15, 0.2) is 24.3 Å². The van der Waals surface area contributed by atoms with E-state index in [4.69, 9.17) is 23.2 Å². The molecule has 0 bridgehead atoms. The van der Waals surface area contributed by atoms with Gasteiger partial charge in [-0.15, -0.1) is 0 Å². The van der Waals surface area contributed by atoms with Crippen molar-refractivity contribution in [1.82, 2.24) is 5.32 Å². The van der Waals surface area contributed by atoms with Crippen LogP contribution in [0.2, 0.25) is 10.0 Å². The van der Waals surface area contributed by atoms with Crippen molar-refractivity contribution in [3.05, 3.63) is 39.9 Å². The fraction of sp³-hybridized carbons (Fsp3) is 0.273. The summed E-state index contributed by atoms with van der Waals surface area (Å²) in [5.41, 5.74) is 0.984. The molecule has 0 unspecified atom stereocenters. The van der Waals surface area contributed by atoms with Crippen molar-refractivity contribution in [2.75, 3.05) is 7.05 Å². The Hall–Kier alpha value is -0.500. The van der Waals surface area contributed by atoms with Crippen LogP contribution in [0, 0.1) is 0 Å². The van der Waals surface area contributed by atoms with E-state index in [-0.39, 0.29) is 0 Å². The van der Waals surface area contributed by atoms with E-state index >= 15 is 0 Å². The van der Waals surface area contributed by atoms with Gasteiger partial charge in [-0.3, -0.25) is 0 Å². The number of benzene rings is 1. The lowest BCUT2D eigenvalue weighted by atomic mass is 10.2. The normalized spacial score (nSPS) is 13.4. The molecule has 1 nitrogen and oxygen atoms in total. The summed E-state index contributed by atoms with van der Waals surface area (Å²) in [6, 6.07) is 5.81. The second-order valence-electron chi connectivity index (χ2n) is 3.10. The summed E-state index contributed by atoms with van der Waals surface area (Å²) in [6.45, 7) is 2.07. The maximum Gasteiger partial charge on any atom is 0.0493 e. The highest BCUT2D eigenvalue weighted by atomic mass is 35.5. The van der Waals surface area contributed by atoms with E-state index in [1.54, 1.807) is 6.07 Å². The number of hydrogen-bond acceptors (Lipinski definition) is 1. The Bertz CT molecular complexity index is 334. The predicted octanol–water partition coefficient (Wildman–Crippen LogP) is 3.61. The molecule has 0 spiro atoms. The zero-order valence-electron chi connectivity index (χ0n) is 8.22. The van der Waals surface area contributed by atoms with Crippen LogP contribution in [0.3, 0.4) is 0 Å². The molecule has 1 atom stereocenters. The monoisotopic (exact) mass is 229 g/mol. The lowest BCUT2D eigenvalue weighted by Crippen LogP contribution is -2.17. The molecule has 0 aromatic heterocycles. The quantitative estimate of drug-likeness (QED) is 0.836. The highest BCUT2D eigenvalue weighted by Crippen LogP contribution is 2.21. The number of likely N-dealkylation sites (N-methyl/N-ethyl adjacent to an activating group) is 1. The van der Waals surface area contributed by atoms with Crippen LogP contribution in [-0.2, 0) is 0 Å². The summed E-state index contributed by atoms with van der Waals surface area (Å²) >= 11 is 11.8. The molecule has 1 aromatic rings. The fourth-order valence-corrected chi connectivity index (χ4v) is 1.45. The fourth-order valence-electron chi connectivity index (χ4n) is 0.981. The van der Waals surface area contributed by atoms with Crippen LogP contribution in [0.5, 0.6) is 0 Å². The van der Waals surface area contributed by atoms with Crippen molar-refractivity contribution in [3.8, 4) is 0 Å². The van der Waals surface area contributed by atoms with Crippen molar-refractivity contribution in [2.24, 2.45) is 0 Å². The van der Waals surface area contributed by atoms with E-state index in [1.807, 2.05) is 25.3 Å². The van der Waals surface area contributed by atoms with Gasteiger partial charge in [0.1, 0.15) is 0 Å². The van der Waals surface area contributed by atoms with Gasteiger partial charge in [0.25, 0.3) is 0 Å². The van der Waals surface area contributed by atoms with Gasteiger partial charge in [0.05, 0.1) is 0 Å². The zero-order chi connectivity index (χ0) is 10.6. The summed E-state index contributed by atoms with van der Waals surface area (Å²) in [5.74, 6) is 0. The molecule has 0 heterocycles. The van der Waals surface area contributed by atoms with Crippen LogP contribution in [0.1, 0.15) is 12.5 Å². The van der Waals surface area contributed by atoms with Gasteiger partial charge >= 0.3 is 0 Å². The second-order valence-corrected chi connectivity index (χ2v) is 3.95. The van der Waals surface area contributed by atoms with Gasteiger partial charge in [0.2, 0.25) is 0 Å². The molecule has 0 aliphatic carbocycles. The van der Waals surface area contributed by atoms with Gasteiger partial charge in [-0.1, -0.05) is 41.4 Å². The van der Waals surface area contributed by atoms with Crippen molar-refractivity contribution in [1.29, 1.82) is 0 Å². The second kappa shape index (κ2) is 5.40. The number of hydrogen-bond donors (Lipinski definition) is 1. The van der Waals surface area contributed by atoms with Gasteiger partial charge in [-0.2, -0.15) is 0 Å². The first-order valence-electron chi connectivity index (χ1n) is 4.44. The molecular formula is C11H13Cl2N. The summed E-state index contributed by atoms with van der Waals surface area (Å²) in [6.07, 6.45) is 4.04. The predicted molar refractivity (Wildman–Crippen MR) is 64.0 cm³/mol. The van der Waals surface area contributed by atoms with E-state index in [0.717, 1.165) is 5.56 Å². The molecule has 14 heavy (non-hydrogen) atoms. The van der Waals surface area contributed by atoms with Gasteiger partial charge in [-0.05, 0) is 31.7 Å². The summed E-state index contributed by atoms with van der Waals surface area (Å²) < 4.78 is 0. The third-order valence-electron chi connectivity index (χ3n) is 1.98. The van der Waals surface area contributed by atoms with Crippen molar-refractivity contribution in [2.45, 2.75) is 13.0 Å². The van der Waals surface area contributed by atoms with Crippen molar-refractivity contribution >= 4 is 29.3 Å². The average molecular weight is 230 g/mol. The number of rotatable bonds is 3. The van der Waals surface area contributed by atoms with E-state index in [2.05, 4.69) is 18.3 Å². The van der Waals surface area contributed by atoms with Crippen LogP contribution in [0.25, 0.3) is 6.08 Å². The Kier molecular flexibility index (Phi) is 4.46. The summed E-state index contributed by atoms with van der Waals surface area (Å²) in [4.78, 5) is 0. The minimum Gasteiger partial charge on any atom is -0.314 e. The summed E-state index contributed by atoms with van der Waals surface area (Å²) in [5, 5.41) is 4.45. The molecular weight excluding hydrogens is 217 g/mol. The maximum absolute atomic E-state index is 6.00. The molecule has 0 fully saturated rings. The van der Waals surface area contributed by atoms with Crippen molar-refractivity contribution < 1.29 is 0 Å². The first kappa shape index (κ1) is 11.6. The average Bonchev–Trinajstić information content (AvgIpc) is 2.16. The minimum atomic E-state index is 0.335. The highest BCUT2D eigenvalue weighted by Gasteiger charge is 1.97. The molecule has 0 saturated heterocycles. The van der Waals surface area contributed by atoms with Crippen LogP contribution in [0.4, 0.5) is 0 Å². The van der Waals surface area contributed by atoms with E-state index in [9.17, 15) is 0 Å². The molecule has 0 aliphatic rings.